The van der Waals surface area contributed by atoms with E-state index >= 15 is 0 Å². The standard InChI is InChI=1S/C24H24FN3O4/c25-18-4-2-5-19(15-18)26-22(29)16-30-20-6-1-3-17-7-8-21(27-23(17)20)28-11-9-24(10-12-28)31-13-14-32-24/h1-8,15H,9-14,16H2,(H,26,29). The summed E-state index contributed by atoms with van der Waals surface area (Å²) in [7, 11) is 0. The molecule has 8 heteroatoms. The molecule has 2 saturated heterocycles. The zero-order valence-electron chi connectivity index (χ0n) is 17.6. The molecule has 1 N–H and O–H groups in total. The molecule has 166 valence electrons. The fourth-order valence-corrected chi connectivity index (χ4v) is 4.17. The Morgan fingerprint density at radius 1 is 1.09 bits per heavy atom. The van der Waals surface area contributed by atoms with E-state index in [9.17, 15) is 9.18 Å². The lowest BCUT2D eigenvalue weighted by molar-refractivity contribution is -0.169. The Balaban J connectivity index is 1.28. The highest BCUT2D eigenvalue weighted by atomic mass is 19.1. The van der Waals surface area contributed by atoms with E-state index in [1.807, 2.05) is 24.3 Å². The van der Waals surface area contributed by atoms with Crippen molar-refractivity contribution in [1.82, 2.24) is 4.98 Å². The summed E-state index contributed by atoms with van der Waals surface area (Å²) in [6.07, 6.45) is 1.59. The number of amides is 1. The fraction of sp³-hybridized carbons (Fsp3) is 0.333. The van der Waals surface area contributed by atoms with Crippen LogP contribution in [0.1, 0.15) is 12.8 Å². The van der Waals surface area contributed by atoms with Gasteiger partial charge < -0.3 is 24.4 Å². The maximum atomic E-state index is 13.3. The number of anilines is 2. The molecule has 1 amide bonds. The average Bonchev–Trinajstić information content (AvgIpc) is 3.26. The van der Waals surface area contributed by atoms with Gasteiger partial charge in [0.05, 0.1) is 13.2 Å². The highest BCUT2D eigenvalue weighted by Gasteiger charge is 2.40. The molecule has 0 atom stereocenters. The average molecular weight is 437 g/mol. The van der Waals surface area contributed by atoms with Crippen LogP contribution in [0.2, 0.25) is 0 Å². The van der Waals surface area contributed by atoms with E-state index in [1.54, 1.807) is 12.1 Å². The molecular weight excluding hydrogens is 413 g/mol. The summed E-state index contributed by atoms with van der Waals surface area (Å²) < 4.78 is 30.7. The molecule has 1 aromatic heterocycles. The Hall–Kier alpha value is -3.23. The minimum absolute atomic E-state index is 0.206. The Morgan fingerprint density at radius 2 is 1.88 bits per heavy atom. The van der Waals surface area contributed by atoms with E-state index in [-0.39, 0.29) is 12.5 Å². The normalized spacial score (nSPS) is 17.6. The van der Waals surface area contributed by atoms with Crippen LogP contribution in [0.3, 0.4) is 0 Å². The number of aromatic nitrogens is 1. The summed E-state index contributed by atoms with van der Waals surface area (Å²) in [6.45, 7) is 2.68. The number of carbonyl (C=O) groups excluding carboxylic acids is 1. The monoisotopic (exact) mass is 437 g/mol. The van der Waals surface area contributed by atoms with E-state index in [2.05, 4.69) is 10.2 Å². The third-order valence-corrected chi connectivity index (χ3v) is 5.80. The molecule has 0 bridgehead atoms. The number of carbonyl (C=O) groups is 1. The van der Waals surface area contributed by atoms with Gasteiger partial charge in [-0.15, -0.1) is 0 Å². The topological polar surface area (TPSA) is 72.9 Å². The molecule has 2 aliphatic rings. The lowest BCUT2D eigenvalue weighted by Crippen LogP contribution is -2.45. The Bertz CT molecular complexity index is 1120. The van der Waals surface area contributed by atoms with Gasteiger partial charge in [0, 0.05) is 37.0 Å². The van der Waals surface area contributed by atoms with Crippen LogP contribution in [0.25, 0.3) is 10.9 Å². The van der Waals surface area contributed by atoms with Gasteiger partial charge in [-0.2, -0.15) is 0 Å². The van der Waals surface area contributed by atoms with Crippen LogP contribution in [-0.4, -0.2) is 49.6 Å². The number of pyridine rings is 1. The van der Waals surface area contributed by atoms with Crippen molar-refractivity contribution >= 4 is 28.3 Å². The summed E-state index contributed by atoms with van der Waals surface area (Å²) in [6, 6.07) is 15.4. The van der Waals surface area contributed by atoms with E-state index in [0.717, 1.165) is 37.1 Å². The van der Waals surface area contributed by atoms with Gasteiger partial charge in [0.25, 0.3) is 5.91 Å². The van der Waals surface area contributed by atoms with Crippen molar-refractivity contribution in [1.29, 1.82) is 0 Å². The van der Waals surface area contributed by atoms with Crippen LogP contribution in [0.4, 0.5) is 15.9 Å². The Morgan fingerprint density at radius 3 is 2.66 bits per heavy atom. The first kappa shape index (κ1) is 20.7. The largest absolute Gasteiger partial charge is 0.481 e. The number of fused-ring (bicyclic) bond motifs is 1. The number of hydrogen-bond acceptors (Lipinski definition) is 6. The molecule has 0 aliphatic carbocycles. The molecule has 7 nitrogen and oxygen atoms in total. The molecule has 2 aromatic carbocycles. The molecule has 0 radical (unpaired) electrons. The number of nitrogens with one attached hydrogen (secondary N) is 1. The van der Waals surface area contributed by atoms with Crippen molar-refractivity contribution in [3.63, 3.8) is 0 Å². The van der Waals surface area contributed by atoms with Gasteiger partial charge in [-0.25, -0.2) is 9.37 Å². The SMILES string of the molecule is O=C(COc1cccc2ccc(N3CCC4(CC3)OCCO4)nc12)Nc1cccc(F)c1. The highest BCUT2D eigenvalue weighted by Crippen LogP contribution is 2.34. The molecule has 2 fully saturated rings. The Labute approximate surface area is 185 Å². The van der Waals surface area contributed by atoms with Crippen molar-refractivity contribution < 1.29 is 23.4 Å². The molecule has 32 heavy (non-hydrogen) atoms. The van der Waals surface area contributed by atoms with E-state index < -0.39 is 11.6 Å². The highest BCUT2D eigenvalue weighted by molar-refractivity contribution is 5.92. The second kappa shape index (κ2) is 8.72. The molecule has 1 spiro atoms. The van der Waals surface area contributed by atoms with Crippen molar-refractivity contribution in [2.45, 2.75) is 18.6 Å². The van der Waals surface area contributed by atoms with Crippen LogP contribution in [-0.2, 0) is 14.3 Å². The predicted molar refractivity (Wildman–Crippen MR) is 118 cm³/mol. The number of piperidine rings is 1. The molecule has 5 rings (SSSR count). The molecule has 0 saturated carbocycles. The maximum absolute atomic E-state index is 13.3. The zero-order valence-corrected chi connectivity index (χ0v) is 17.6. The lowest BCUT2D eigenvalue weighted by atomic mass is 10.0. The van der Waals surface area contributed by atoms with Gasteiger partial charge in [-0.3, -0.25) is 4.79 Å². The first-order valence-corrected chi connectivity index (χ1v) is 10.7. The molecule has 3 heterocycles. The van der Waals surface area contributed by atoms with Gasteiger partial charge in [-0.05, 0) is 36.4 Å². The van der Waals surface area contributed by atoms with Crippen LogP contribution >= 0.6 is 0 Å². The minimum Gasteiger partial charge on any atom is -0.481 e. The van der Waals surface area contributed by atoms with Crippen LogP contribution in [0, 0.1) is 5.82 Å². The van der Waals surface area contributed by atoms with Gasteiger partial charge in [0.1, 0.15) is 22.9 Å². The summed E-state index contributed by atoms with van der Waals surface area (Å²) in [4.78, 5) is 19.3. The van der Waals surface area contributed by atoms with Crippen LogP contribution in [0.5, 0.6) is 5.75 Å². The van der Waals surface area contributed by atoms with Gasteiger partial charge in [-0.1, -0.05) is 18.2 Å². The molecule has 3 aromatic rings. The smallest absolute Gasteiger partial charge is 0.262 e. The van der Waals surface area contributed by atoms with Gasteiger partial charge in [0.2, 0.25) is 0 Å². The van der Waals surface area contributed by atoms with Crippen molar-refractivity contribution in [2.24, 2.45) is 0 Å². The number of rotatable bonds is 5. The third kappa shape index (κ3) is 4.37. The zero-order chi connectivity index (χ0) is 22.0. The number of nitrogens with zero attached hydrogens (tertiary/aromatic N) is 2. The second-order valence-electron chi connectivity index (χ2n) is 7.94. The van der Waals surface area contributed by atoms with Crippen molar-refractivity contribution in [2.75, 3.05) is 43.1 Å². The van der Waals surface area contributed by atoms with Crippen LogP contribution < -0.4 is 15.0 Å². The van der Waals surface area contributed by atoms with Gasteiger partial charge in [0.15, 0.2) is 12.4 Å². The van der Waals surface area contributed by atoms with Crippen molar-refractivity contribution in [3.8, 4) is 5.75 Å². The fourth-order valence-electron chi connectivity index (χ4n) is 4.17. The molecular formula is C24H24FN3O4. The van der Waals surface area contributed by atoms with E-state index in [0.29, 0.717) is 30.2 Å². The number of para-hydroxylation sites is 1. The summed E-state index contributed by atoms with van der Waals surface area (Å²) in [5, 5.41) is 3.56. The number of hydrogen-bond donors (Lipinski definition) is 1. The number of benzene rings is 2. The first-order chi connectivity index (χ1) is 15.6. The van der Waals surface area contributed by atoms with Crippen molar-refractivity contribution in [3.05, 3.63) is 60.4 Å². The third-order valence-electron chi connectivity index (χ3n) is 5.80. The first-order valence-electron chi connectivity index (χ1n) is 10.7. The predicted octanol–water partition coefficient (Wildman–Crippen LogP) is 3.73. The summed E-state index contributed by atoms with van der Waals surface area (Å²) in [5.74, 6) is 0.155. The van der Waals surface area contributed by atoms with Gasteiger partial charge >= 0.3 is 0 Å². The lowest BCUT2D eigenvalue weighted by Gasteiger charge is -2.38. The van der Waals surface area contributed by atoms with E-state index in [4.69, 9.17) is 19.2 Å². The number of ether oxygens (including phenoxy) is 3. The number of halogens is 1. The summed E-state index contributed by atoms with van der Waals surface area (Å²) >= 11 is 0. The van der Waals surface area contributed by atoms with Crippen LogP contribution in [0.15, 0.2) is 54.6 Å². The molecule has 0 unspecified atom stereocenters. The Kier molecular flexibility index (Phi) is 5.63. The molecule has 2 aliphatic heterocycles. The van der Waals surface area contributed by atoms with E-state index in [1.165, 1.54) is 18.2 Å². The maximum Gasteiger partial charge on any atom is 0.262 e. The quantitative estimate of drug-likeness (QED) is 0.656. The second-order valence-corrected chi connectivity index (χ2v) is 7.94. The summed E-state index contributed by atoms with van der Waals surface area (Å²) in [5.41, 5.74) is 1.08. The minimum atomic E-state index is -0.434.